The van der Waals surface area contributed by atoms with Crippen molar-refractivity contribution in [1.29, 1.82) is 0 Å². The van der Waals surface area contributed by atoms with Gasteiger partial charge in [0.15, 0.2) is 6.29 Å². The van der Waals surface area contributed by atoms with Crippen molar-refractivity contribution in [2.75, 3.05) is 6.61 Å². The van der Waals surface area contributed by atoms with Gasteiger partial charge in [-0.25, -0.2) is 0 Å². The van der Waals surface area contributed by atoms with Gasteiger partial charge in [-0.1, -0.05) is 50.8 Å². The predicted molar refractivity (Wildman–Crippen MR) is 85.2 cm³/mol. The number of allylic oxidation sites excluding steroid dienone is 5. The first-order valence-electron chi connectivity index (χ1n) is 7.30. The molecule has 20 heavy (non-hydrogen) atoms. The van der Waals surface area contributed by atoms with Gasteiger partial charge in [0.1, 0.15) is 5.76 Å². The molecule has 1 rings (SSSR count). The summed E-state index contributed by atoms with van der Waals surface area (Å²) >= 11 is 0. The van der Waals surface area contributed by atoms with Crippen molar-refractivity contribution in [3.8, 4) is 0 Å². The van der Waals surface area contributed by atoms with Crippen LogP contribution in [-0.4, -0.2) is 12.9 Å². The van der Waals surface area contributed by atoms with E-state index in [2.05, 4.69) is 38.3 Å². The fourth-order valence-electron chi connectivity index (χ4n) is 2.08. The highest BCUT2D eigenvalue weighted by Crippen LogP contribution is 2.22. The summed E-state index contributed by atoms with van der Waals surface area (Å²) in [6, 6.07) is 0. The molecule has 0 aromatic carbocycles. The Bertz CT molecular complexity index is 402. The molecule has 0 saturated carbocycles. The summed E-state index contributed by atoms with van der Waals surface area (Å²) in [7, 11) is 0. The highest BCUT2D eigenvalue weighted by atomic mass is 16.7. The van der Waals surface area contributed by atoms with Crippen molar-refractivity contribution in [3.63, 3.8) is 0 Å². The third-order valence-electron chi connectivity index (χ3n) is 3.19. The van der Waals surface area contributed by atoms with E-state index in [0.29, 0.717) is 12.5 Å². The summed E-state index contributed by atoms with van der Waals surface area (Å²) in [5.41, 5.74) is 0.992. The maximum Gasteiger partial charge on any atom is 0.197 e. The quantitative estimate of drug-likeness (QED) is 0.438. The Morgan fingerprint density at radius 2 is 2.30 bits per heavy atom. The normalized spacial score (nSPS) is 20.2. The van der Waals surface area contributed by atoms with E-state index in [1.807, 2.05) is 13.0 Å². The molecule has 0 N–H and O–H groups in total. The minimum absolute atomic E-state index is 0.276. The zero-order chi connectivity index (χ0) is 14.8. The molecule has 0 aliphatic heterocycles. The Morgan fingerprint density at radius 1 is 1.50 bits per heavy atom. The summed E-state index contributed by atoms with van der Waals surface area (Å²) in [5.74, 6) is 1.56. The molecule has 0 bridgehead atoms. The molecule has 2 heteroatoms. The van der Waals surface area contributed by atoms with Gasteiger partial charge in [-0.15, -0.1) is 0 Å². The SMILES string of the molecule is C=C/C=C(\C=C)COC(C)OC1=CCC(CCC)C=C1. The monoisotopic (exact) mass is 274 g/mol. The van der Waals surface area contributed by atoms with E-state index in [4.69, 9.17) is 9.47 Å². The summed E-state index contributed by atoms with van der Waals surface area (Å²) < 4.78 is 11.4. The minimum atomic E-state index is -0.276. The Morgan fingerprint density at radius 3 is 2.85 bits per heavy atom. The highest BCUT2D eigenvalue weighted by Gasteiger charge is 2.11. The van der Waals surface area contributed by atoms with Crippen LogP contribution >= 0.6 is 0 Å². The second-order valence-electron chi connectivity index (χ2n) is 4.93. The fraction of sp³-hybridized carbons (Fsp3) is 0.444. The summed E-state index contributed by atoms with van der Waals surface area (Å²) in [4.78, 5) is 0. The van der Waals surface area contributed by atoms with Crippen LogP contribution in [-0.2, 0) is 9.47 Å². The molecule has 0 aromatic rings. The van der Waals surface area contributed by atoms with Gasteiger partial charge >= 0.3 is 0 Å². The molecule has 2 nitrogen and oxygen atoms in total. The molecule has 110 valence electrons. The summed E-state index contributed by atoms with van der Waals surface area (Å²) in [6.45, 7) is 12.0. The number of ether oxygens (including phenoxy) is 2. The molecule has 0 spiro atoms. The van der Waals surface area contributed by atoms with E-state index < -0.39 is 0 Å². The smallest absolute Gasteiger partial charge is 0.197 e. The maximum atomic E-state index is 5.76. The van der Waals surface area contributed by atoms with E-state index in [-0.39, 0.29) is 6.29 Å². The first kappa shape index (κ1) is 16.5. The van der Waals surface area contributed by atoms with E-state index in [1.165, 1.54) is 12.8 Å². The zero-order valence-corrected chi connectivity index (χ0v) is 12.7. The topological polar surface area (TPSA) is 18.5 Å². The van der Waals surface area contributed by atoms with Crippen molar-refractivity contribution in [2.24, 2.45) is 5.92 Å². The largest absolute Gasteiger partial charge is 0.466 e. The Kier molecular flexibility index (Phi) is 7.74. The van der Waals surface area contributed by atoms with Gasteiger partial charge in [-0.2, -0.15) is 0 Å². The second kappa shape index (κ2) is 9.38. The Balaban J connectivity index is 2.35. The van der Waals surface area contributed by atoms with Gasteiger partial charge < -0.3 is 9.47 Å². The lowest BCUT2D eigenvalue weighted by Gasteiger charge is -2.20. The third kappa shape index (κ3) is 6.07. The van der Waals surface area contributed by atoms with Crippen LogP contribution in [0.2, 0.25) is 0 Å². The molecule has 2 atom stereocenters. The maximum absolute atomic E-state index is 5.76. The molecular weight excluding hydrogens is 248 g/mol. The van der Waals surface area contributed by atoms with Crippen LogP contribution in [0.4, 0.5) is 0 Å². The van der Waals surface area contributed by atoms with Gasteiger partial charge in [-0.05, 0) is 43.4 Å². The number of rotatable bonds is 9. The first-order valence-corrected chi connectivity index (χ1v) is 7.30. The van der Waals surface area contributed by atoms with Gasteiger partial charge in [0, 0.05) is 0 Å². The van der Waals surface area contributed by atoms with Crippen molar-refractivity contribution in [3.05, 3.63) is 60.9 Å². The minimum Gasteiger partial charge on any atom is -0.466 e. The van der Waals surface area contributed by atoms with Crippen LogP contribution in [0.5, 0.6) is 0 Å². The molecule has 2 unspecified atom stereocenters. The van der Waals surface area contributed by atoms with Crippen LogP contribution < -0.4 is 0 Å². The van der Waals surface area contributed by atoms with Crippen molar-refractivity contribution in [1.82, 2.24) is 0 Å². The van der Waals surface area contributed by atoms with E-state index >= 15 is 0 Å². The Hall–Kier alpha value is -1.54. The molecule has 0 aromatic heterocycles. The van der Waals surface area contributed by atoms with Gasteiger partial charge in [0.2, 0.25) is 0 Å². The van der Waals surface area contributed by atoms with Crippen molar-refractivity contribution < 1.29 is 9.47 Å². The lowest BCUT2D eigenvalue weighted by Crippen LogP contribution is -2.15. The molecule has 0 amide bonds. The van der Waals surface area contributed by atoms with Gasteiger partial charge in [-0.3, -0.25) is 0 Å². The lowest BCUT2D eigenvalue weighted by molar-refractivity contribution is -0.0922. The molecular formula is C18H26O2. The van der Waals surface area contributed by atoms with Crippen LogP contribution in [0.3, 0.4) is 0 Å². The van der Waals surface area contributed by atoms with E-state index in [1.54, 1.807) is 12.2 Å². The molecule has 0 radical (unpaired) electrons. The van der Waals surface area contributed by atoms with Gasteiger partial charge in [0.25, 0.3) is 0 Å². The average Bonchev–Trinajstić information content (AvgIpc) is 2.46. The predicted octanol–water partition coefficient (Wildman–Crippen LogP) is 4.92. The fourth-order valence-corrected chi connectivity index (χ4v) is 2.08. The summed E-state index contributed by atoms with van der Waals surface area (Å²) in [5, 5.41) is 0. The molecule has 0 fully saturated rings. The average molecular weight is 274 g/mol. The van der Waals surface area contributed by atoms with Crippen LogP contribution in [0.25, 0.3) is 0 Å². The second-order valence-corrected chi connectivity index (χ2v) is 4.93. The molecule has 1 aliphatic carbocycles. The van der Waals surface area contributed by atoms with Crippen LogP contribution in [0.1, 0.15) is 33.1 Å². The molecule has 1 aliphatic rings. The number of hydrogen-bond acceptors (Lipinski definition) is 2. The van der Waals surface area contributed by atoms with E-state index in [0.717, 1.165) is 17.8 Å². The standard InChI is InChI=1S/C18H26O2/c1-5-8-16(7-3)14-19-15(4)20-18-12-10-17(9-6-2)11-13-18/h5,7-8,10,12-13,15,17H,1,3,6,9,11,14H2,2,4H3/b16-8+. The van der Waals surface area contributed by atoms with Crippen LogP contribution in [0, 0.1) is 5.92 Å². The molecule has 0 heterocycles. The summed E-state index contributed by atoms with van der Waals surface area (Å²) in [6.07, 6.45) is 15.1. The zero-order valence-electron chi connectivity index (χ0n) is 12.7. The lowest BCUT2D eigenvalue weighted by atomic mass is 9.95. The molecule has 0 saturated heterocycles. The van der Waals surface area contributed by atoms with Crippen molar-refractivity contribution >= 4 is 0 Å². The van der Waals surface area contributed by atoms with Crippen LogP contribution in [0.15, 0.2) is 60.9 Å². The van der Waals surface area contributed by atoms with E-state index in [9.17, 15) is 0 Å². The third-order valence-corrected chi connectivity index (χ3v) is 3.19. The number of hydrogen-bond donors (Lipinski definition) is 0. The van der Waals surface area contributed by atoms with Crippen molar-refractivity contribution in [2.45, 2.75) is 39.4 Å². The highest BCUT2D eigenvalue weighted by molar-refractivity contribution is 5.21. The Labute approximate surface area is 123 Å². The van der Waals surface area contributed by atoms with Gasteiger partial charge in [0.05, 0.1) is 6.61 Å². The first-order chi connectivity index (χ1) is 9.69.